The zero-order valence-electron chi connectivity index (χ0n) is 10.3. The summed E-state index contributed by atoms with van der Waals surface area (Å²) in [6.45, 7) is 1.81. The van der Waals surface area contributed by atoms with E-state index < -0.39 is 11.6 Å². The number of benzene rings is 2. The van der Waals surface area contributed by atoms with Crippen molar-refractivity contribution in [3.63, 3.8) is 0 Å². The number of nitrogens with one attached hydrogen (secondary N) is 1. The van der Waals surface area contributed by atoms with Gasteiger partial charge in [0.15, 0.2) is 11.6 Å². The molecular weight excluding hydrogens is 270 g/mol. The van der Waals surface area contributed by atoms with Crippen molar-refractivity contribution in [3.8, 4) is 0 Å². The molecule has 0 aliphatic rings. The van der Waals surface area contributed by atoms with Crippen molar-refractivity contribution in [1.82, 2.24) is 0 Å². The highest BCUT2D eigenvalue weighted by Gasteiger charge is 2.15. The monoisotopic (exact) mass is 282 g/mol. The SMILES string of the molecule is CC(Nc1c(N)ccc(F)c1F)c1cccc(Cl)c1. The maximum absolute atomic E-state index is 13.7. The minimum atomic E-state index is -0.978. The number of rotatable bonds is 3. The number of nitrogen functional groups attached to an aromatic ring is 1. The number of anilines is 2. The molecule has 100 valence electrons. The summed E-state index contributed by atoms with van der Waals surface area (Å²) in [5.41, 5.74) is 6.63. The molecule has 0 heterocycles. The molecule has 2 nitrogen and oxygen atoms in total. The molecule has 0 saturated heterocycles. The zero-order valence-corrected chi connectivity index (χ0v) is 11.0. The van der Waals surface area contributed by atoms with Crippen molar-refractivity contribution in [2.45, 2.75) is 13.0 Å². The fraction of sp³-hybridized carbons (Fsp3) is 0.143. The lowest BCUT2D eigenvalue weighted by Crippen LogP contribution is -2.10. The van der Waals surface area contributed by atoms with Crippen LogP contribution in [-0.2, 0) is 0 Å². The normalized spacial score (nSPS) is 12.2. The second-order valence-corrected chi connectivity index (χ2v) is 4.68. The lowest BCUT2D eigenvalue weighted by atomic mass is 10.1. The Bertz CT molecular complexity index is 602. The summed E-state index contributed by atoms with van der Waals surface area (Å²) in [5.74, 6) is -1.91. The molecule has 1 unspecified atom stereocenters. The van der Waals surface area contributed by atoms with E-state index in [0.717, 1.165) is 11.6 Å². The van der Waals surface area contributed by atoms with Crippen LogP contribution in [0.25, 0.3) is 0 Å². The average Bonchev–Trinajstić information content (AvgIpc) is 2.39. The Kier molecular flexibility index (Phi) is 3.90. The fourth-order valence-electron chi connectivity index (χ4n) is 1.79. The van der Waals surface area contributed by atoms with Crippen molar-refractivity contribution in [1.29, 1.82) is 0 Å². The van der Waals surface area contributed by atoms with Crippen LogP contribution in [-0.4, -0.2) is 0 Å². The van der Waals surface area contributed by atoms with E-state index in [1.165, 1.54) is 6.07 Å². The summed E-state index contributed by atoms with van der Waals surface area (Å²) in [5, 5.41) is 3.45. The number of halogens is 3. The van der Waals surface area contributed by atoms with Crippen LogP contribution in [0.2, 0.25) is 5.02 Å². The number of hydrogen-bond acceptors (Lipinski definition) is 2. The Balaban J connectivity index is 2.29. The third-order valence-corrected chi connectivity index (χ3v) is 3.07. The van der Waals surface area contributed by atoms with Crippen LogP contribution >= 0.6 is 11.6 Å². The lowest BCUT2D eigenvalue weighted by Gasteiger charge is -2.18. The van der Waals surface area contributed by atoms with E-state index in [0.29, 0.717) is 5.02 Å². The summed E-state index contributed by atoms with van der Waals surface area (Å²) in [6, 6.07) is 9.21. The molecule has 0 aliphatic heterocycles. The first kappa shape index (κ1) is 13.6. The molecule has 2 aromatic rings. The van der Waals surface area contributed by atoms with Crippen LogP contribution < -0.4 is 11.1 Å². The van der Waals surface area contributed by atoms with E-state index in [1.807, 2.05) is 13.0 Å². The summed E-state index contributed by atoms with van der Waals surface area (Å²) in [4.78, 5) is 0. The second kappa shape index (κ2) is 5.45. The van der Waals surface area contributed by atoms with Crippen LogP contribution in [0.5, 0.6) is 0 Å². The van der Waals surface area contributed by atoms with Gasteiger partial charge in [-0.15, -0.1) is 0 Å². The molecule has 0 bridgehead atoms. The van der Waals surface area contributed by atoms with E-state index in [-0.39, 0.29) is 17.4 Å². The van der Waals surface area contributed by atoms with Crippen LogP contribution in [0.4, 0.5) is 20.2 Å². The van der Waals surface area contributed by atoms with E-state index in [2.05, 4.69) is 5.32 Å². The quantitative estimate of drug-likeness (QED) is 0.820. The maximum Gasteiger partial charge on any atom is 0.183 e. The summed E-state index contributed by atoms with van der Waals surface area (Å²) in [6.07, 6.45) is 0. The van der Waals surface area contributed by atoms with E-state index in [9.17, 15) is 8.78 Å². The van der Waals surface area contributed by atoms with Gasteiger partial charge in [0.25, 0.3) is 0 Å². The number of nitrogens with two attached hydrogens (primary N) is 1. The second-order valence-electron chi connectivity index (χ2n) is 4.25. The van der Waals surface area contributed by atoms with Gasteiger partial charge in [0.05, 0.1) is 11.4 Å². The first-order valence-corrected chi connectivity index (χ1v) is 6.12. The molecule has 0 aliphatic carbocycles. The van der Waals surface area contributed by atoms with Crippen LogP contribution in [0.15, 0.2) is 36.4 Å². The first-order chi connectivity index (χ1) is 8.99. The Morgan fingerprint density at radius 1 is 1.21 bits per heavy atom. The first-order valence-electron chi connectivity index (χ1n) is 5.74. The highest BCUT2D eigenvalue weighted by atomic mass is 35.5. The van der Waals surface area contributed by atoms with Crippen molar-refractivity contribution >= 4 is 23.0 Å². The van der Waals surface area contributed by atoms with Gasteiger partial charge in [-0.05, 0) is 36.8 Å². The van der Waals surface area contributed by atoms with Gasteiger partial charge in [-0.1, -0.05) is 23.7 Å². The van der Waals surface area contributed by atoms with Crippen molar-refractivity contribution < 1.29 is 8.78 Å². The molecule has 0 fully saturated rings. The minimum Gasteiger partial charge on any atom is -0.397 e. The minimum absolute atomic E-state index is 0.0347. The standard InChI is InChI=1S/C14H13ClF2N2/c1-8(9-3-2-4-10(15)7-9)19-14-12(18)6-5-11(16)13(14)17/h2-8,19H,18H2,1H3. The fourth-order valence-corrected chi connectivity index (χ4v) is 1.99. The predicted octanol–water partition coefficient (Wildman–Crippen LogP) is 4.37. The van der Waals surface area contributed by atoms with Crippen LogP contribution in [0.1, 0.15) is 18.5 Å². The molecule has 3 N–H and O–H groups in total. The Morgan fingerprint density at radius 2 is 1.95 bits per heavy atom. The van der Waals surface area contributed by atoms with Crippen LogP contribution in [0, 0.1) is 11.6 Å². The lowest BCUT2D eigenvalue weighted by molar-refractivity contribution is 0.510. The van der Waals surface area contributed by atoms with Gasteiger partial charge in [-0.25, -0.2) is 8.78 Å². The highest BCUT2D eigenvalue weighted by Crippen LogP contribution is 2.29. The van der Waals surface area contributed by atoms with Gasteiger partial charge in [0.2, 0.25) is 0 Å². The van der Waals surface area contributed by atoms with E-state index in [4.69, 9.17) is 17.3 Å². The largest absolute Gasteiger partial charge is 0.397 e. The number of hydrogen-bond donors (Lipinski definition) is 2. The Labute approximate surface area is 115 Å². The molecule has 0 amide bonds. The molecule has 1 atom stereocenters. The van der Waals surface area contributed by atoms with Crippen molar-refractivity contribution in [2.75, 3.05) is 11.1 Å². The average molecular weight is 283 g/mol. The molecule has 2 rings (SSSR count). The molecular formula is C14H13ClF2N2. The molecule has 0 spiro atoms. The third kappa shape index (κ3) is 2.96. The predicted molar refractivity (Wildman–Crippen MR) is 74.3 cm³/mol. The molecule has 5 heteroatoms. The molecule has 0 radical (unpaired) electrons. The van der Waals surface area contributed by atoms with Crippen molar-refractivity contribution in [3.05, 3.63) is 58.6 Å². The summed E-state index contributed by atoms with van der Waals surface area (Å²) >= 11 is 5.89. The topological polar surface area (TPSA) is 38.0 Å². The molecule has 19 heavy (non-hydrogen) atoms. The van der Waals surface area contributed by atoms with Gasteiger partial charge >= 0.3 is 0 Å². The van der Waals surface area contributed by atoms with E-state index >= 15 is 0 Å². The van der Waals surface area contributed by atoms with Crippen molar-refractivity contribution in [2.24, 2.45) is 0 Å². The smallest absolute Gasteiger partial charge is 0.183 e. The maximum atomic E-state index is 13.7. The highest BCUT2D eigenvalue weighted by molar-refractivity contribution is 6.30. The molecule has 0 aromatic heterocycles. The van der Waals surface area contributed by atoms with Gasteiger partial charge in [-0.3, -0.25) is 0 Å². The third-order valence-electron chi connectivity index (χ3n) is 2.84. The van der Waals surface area contributed by atoms with E-state index in [1.54, 1.807) is 18.2 Å². The van der Waals surface area contributed by atoms with Gasteiger partial charge in [-0.2, -0.15) is 0 Å². The van der Waals surface area contributed by atoms with Gasteiger partial charge < -0.3 is 11.1 Å². The summed E-state index contributed by atoms with van der Waals surface area (Å²) < 4.78 is 26.9. The Morgan fingerprint density at radius 3 is 2.63 bits per heavy atom. The van der Waals surface area contributed by atoms with Gasteiger partial charge in [0, 0.05) is 11.1 Å². The Hall–Kier alpha value is -1.81. The molecule has 2 aromatic carbocycles. The zero-order chi connectivity index (χ0) is 14.0. The molecule has 0 saturated carbocycles. The van der Waals surface area contributed by atoms with Gasteiger partial charge in [0.1, 0.15) is 0 Å². The van der Waals surface area contributed by atoms with Crippen LogP contribution in [0.3, 0.4) is 0 Å². The summed E-state index contributed by atoms with van der Waals surface area (Å²) in [7, 11) is 0.